The van der Waals surface area contributed by atoms with Gasteiger partial charge in [0.2, 0.25) is 0 Å². The van der Waals surface area contributed by atoms with Crippen molar-refractivity contribution in [1.82, 2.24) is 0 Å². The molecule has 0 aliphatic carbocycles. The van der Waals surface area contributed by atoms with Crippen LogP contribution in [-0.2, 0) is 16.1 Å². The highest BCUT2D eigenvalue weighted by Gasteiger charge is 2.06. The number of carbonyl (C=O) groups is 1. The maximum atomic E-state index is 10.9. The van der Waals surface area contributed by atoms with Crippen LogP contribution in [0.5, 0.6) is 0 Å². The molecule has 0 spiro atoms. The van der Waals surface area contributed by atoms with Gasteiger partial charge in [0.1, 0.15) is 6.61 Å². The Labute approximate surface area is 183 Å². The van der Waals surface area contributed by atoms with E-state index in [4.69, 9.17) is 9.94 Å². The molecule has 3 rings (SSSR count). The largest absolute Gasteiger partial charge is 0.481 e. The molecule has 3 aromatic carbocycles. The quantitative estimate of drug-likeness (QED) is 0.279. The average Bonchev–Trinajstić information content (AvgIpc) is 2.79. The zero-order chi connectivity index (χ0) is 22.1. The molecule has 0 fully saturated rings. The minimum absolute atomic E-state index is 0.0192. The predicted octanol–water partition coefficient (Wildman–Crippen LogP) is 5.25. The van der Waals surface area contributed by atoms with E-state index in [9.17, 15) is 4.79 Å². The number of nitrogens with zero attached hydrogens (tertiary/aromatic N) is 2. The molecular formula is C26H28N2O3. The molecule has 1 N–H and O–H groups in total. The summed E-state index contributed by atoms with van der Waals surface area (Å²) in [4.78, 5) is 18.5. The van der Waals surface area contributed by atoms with Crippen molar-refractivity contribution in [1.29, 1.82) is 0 Å². The van der Waals surface area contributed by atoms with Gasteiger partial charge in [-0.1, -0.05) is 78.8 Å². The Morgan fingerprint density at radius 3 is 2.35 bits per heavy atom. The average molecular weight is 417 g/mol. The summed E-state index contributed by atoms with van der Waals surface area (Å²) in [6.07, 6.45) is 0.795. The zero-order valence-corrected chi connectivity index (χ0v) is 18.0. The van der Waals surface area contributed by atoms with Crippen molar-refractivity contribution in [2.24, 2.45) is 5.16 Å². The highest BCUT2D eigenvalue weighted by atomic mass is 16.6. The van der Waals surface area contributed by atoms with Gasteiger partial charge in [0.25, 0.3) is 0 Å². The molecular weight excluding hydrogens is 388 g/mol. The Hall–Kier alpha value is -3.60. The van der Waals surface area contributed by atoms with E-state index < -0.39 is 5.97 Å². The van der Waals surface area contributed by atoms with Crippen LogP contribution in [0, 0.1) is 0 Å². The van der Waals surface area contributed by atoms with Gasteiger partial charge >= 0.3 is 5.97 Å². The Bertz CT molecular complexity index is 1010. The summed E-state index contributed by atoms with van der Waals surface area (Å²) < 4.78 is 0. The summed E-state index contributed by atoms with van der Waals surface area (Å²) in [7, 11) is 1.95. The first-order valence-corrected chi connectivity index (χ1v) is 10.4. The van der Waals surface area contributed by atoms with Crippen LogP contribution < -0.4 is 4.90 Å². The minimum Gasteiger partial charge on any atom is -0.481 e. The second kappa shape index (κ2) is 11.0. The van der Waals surface area contributed by atoms with Gasteiger partial charge < -0.3 is 14.8 Å². The van der Waals surface area contributed by atoms with E-state index in [-0.39, 0.29) is 6.42 Å². The van der Waals surface area contributed by atoms with E-state index >= 15 is 0 Å². The molecule has 0 aromatic heterocycles. The summed E-state index contributed by atoms with van der Waals surface area (Å²) >= 11 is 0. The van der Waals surface area contributed by atoms with Crippen molar-refractivity contribution >= 4 is 17.4 Å². The molecule has 5 nitrogen and oxygen atoms in total. The SMILES string of the molecule is CC/C(=N\OCCN(C)c1cccc(CC(=O)O)c1)c1ccc(-c2ccccc2)cc1. The molecule has 160 valence electrons. The predicted molar refractivity (Wildman–Crippen MR) is 126 cm³/mol. The van der Waals surface area contributed by atoms with E-state index in [2.05, 4.69) is 48.5 Å². The normalized spacial score (nSPS) is 11.2. The van der Waals surface area contributed by atoms with E-state index in [1.54, 1.807) is 0 Å². The number of rotatable bonds is 10. The number of aliphatic carboxylic acids is 1. The van der Waals surface area contributed by atoms with Crippen LogP contribution in [0.3, 0.4) is 0 Å². The molecule has 31 heavy (non-hydrogen) atoms. The van der Waals surface area contributed by atoms with Crippen molar-refractivity contribution in [2.75, 3.05) is 25.1 Å². The molecule has 0 radical (unpaired) electrons. The van der Waals surface area contributed by atoms with Crippen molar-refractivity contribution < 1.29 is 14.7 Å². The van der Waals surface area contributed by atoms with Crippen LogP contribution in [0.4, 0.5) is 5.69 Å². The Morgan fingerprint density at radius 2 is 1.68 bits per heavy atom. The van der Waals surface area contributed by atoms with Crippen LogP contribution in [0.25, 0.3) is 11.1 Å². The van der Waals surface area contributed by atoms with Crippen LogP contribution in [0.1, 0.15) is 24.5 Å². The molecule has 0 saturated heterocycles. The lowest BCUT2D eigenvalue weighted by molar-refractivity contribution is -0.136. The molecule has 0 aliphatic heterocycles. The molecule has 0 atom stereocenters. The number of carboxylic acids is 1. The first-order valence-electron chi connectivity index (χ1n) is 10.4. The number of hydrogen-bond acceptors (Lipinski definition) is 4. The smallest absolute Gasteiger partial charge is 0.307 e. The van der Waals surface area contributed by atoms with Crippen molar-refractivity contribution in [2.45, 2.75) is 19.8 Å². The summed E-state index contributed by atoms with van der Waals surface area (Å²) in [6, 6.07) is 26.2. The van der Waals surface area contributed by atoms with Crippen LogP contribution in [0.15, 0.2) is 84.0 Å². The van der Waals surface area contributed by atoms with Gasteiger partial charge in [-0.05, 0) is 40.8 Å². The Morgan fingerprint density at radius 1 is 0.968 bits per heavy atom. The van der Waals surface area contributed by atoms with E-state index in [1.807, 2.05) is 54.4 Å². The third-order valence-corrected chi connectivity index (χ3v) is 5.06. The molecule has 0 aliphatic rings. The Balaban J connectivity index is 1.56. The van der Waals surface area contributed by atoms with E-state index in [0.717, 1.165) is 28.9 Å². The third-order valence-electron chi connectivity index (χ3n) is 5.06. The number of likely N-dealkylation sites (N-methyl/N-ethyl adjacent to an activating group) is 1. The molecule has 3 aromatic rings. The molecule has 0 amide bonds. The molecule has 0 heterocycles. The first kappa shape index (κ1) is 22.1. The van der Waals surface area contributed by atoms with Crippen molar-refractivity contribution in [3.05, 3.63) is 90.0 Å². The number of anilines is 1. The standard InChI is InChI=1S/C26H28N2O3/c1-3-25(23-14-12-22(13-15-23)21-9-5-4-6-10-21)27-31-17-16-28(2)24-11-7-8-20(18-24)19-26(29)30/h4-15,18H,3,16-17,19H2,1-2H3,(H,29,30)/b27-25+. The van der Waals surface area contributed by atoms with Gasteiger partial charge in [0.05, 0.1) is 18.7 Å². The lowest BCUT2D eigenvalue weighted by atomic mass is 10.0. The minimum atomic E-state index is -0.832. The van der Waals surface area contributed by atoms with Crippen molar-refractivity contribution in [3.8, 4) is 11.1 Å². The van der Waals surface area contributed by atoms with Crippen molar-refractivity contribution in [3.63, 3.8) is 0 Å². The number of hydrogen-bond donors (Lipinski definition) is 1. The van der Waals surface area contributed by atoms with Gasteiger partial charge in [0.15, 0.2) is 0 Å². The molecule has 5 heteroatoms. The fourth-order valence-corrected chi connectivity index (χ4v) is 3.32. The lowest BCUT2D eigenvalue weighted by Crippen LogP contribution is -2.22. The molecule has 0 saturated carbocycles. The summed E-state index contributed by atoms with van der Waals surface area (Å²) in [5.74, 6) is -0.832. The third kappa shape index (κ3) is 6.44. The summed E-state index contributed by atoms with van der Waals surface area (Å²) in [5.41, 5.74) is 6.06. The first-order chi connectivity index (χ1) is 15.1. The fraction of sp³-hybridized carbons (Fsp3) is 0.231. The molecule has 0 bridgehead atoms. The summed E-state index contributed by atoms with van der Waals surface area (Å²) in [5, 5.41) is 13.3. The molecule has 0 unspecified atom stereocenters. The van der Waals surface area contributed by atoms with E-state index in [1.165, 1.54) is 11.1 Å². The monoisotopic (exact) mass is 416 g/mol. The lowest BCUT2D eigenvalue weighted by Gasteiger charge is -2.19. The van der Waals surface area contributed by atoms with Gasteiger partial charge in [-0.15, -0.1) is 0 Å². The second-order valence-electron chi connectivity index (χ2n) is 7.33. The number of carboxylic acid groups (broad SMARTS) is 1. The topological polar surface area (TPSA) is 62.1 Å². The van der Waals surface area contributed by atoms with Gasteiger partial charge in [-0.3, -0.25) is 4.79 Å². The summed E-state index contributed by atoms with van der Waals surface area (Å²) in [6.45, 7) is 3.14. The van der Waals surface area contributed by atoms with Crippen LogP contribution >= 0.6 is 0 Å². The number of oxime groups is 1. The number of benzene rings is 3. The fourth-order valence-electron chi connectivity index (χ4n) is 3.32. The Kier molecular flexibility index (Phi) is 7.82. The van der Waals surface area contributed by atoms with E-state index in [0.29, 0.717) is 13.2 Å². The van der Waals surface area contributed by atoms with Crippen LogP contribution in [-0.4, -0.2) is 37.0 Å². The maximum Gasteiger partial charge on any atom is 0.307 e. The van der Waals surface area contributed by atoms with Gasteiger partial charge in [-0.25, -0.2) is 0 Å². The maximum absolute atomic E-state index is 10.9. The zero-order valence-electron chi connectivity index (χ0n) is 18.0. The van der Waals surface area contributed by atoms with Gasteiger partial charge in [-0.2, -0.15) is 0 Å². The second-order valence-corrected chi connectivity index (χ2v) is 7.33. The highest BCUT2D eigenvalue weighted by molar-refractivity contribution is 6.00. The van der Waals surface area contributed by atoms with Crippen LogP contribution in [0.2, 0.25) is 0 Å². The highest BCUT2D eigenvalue weighted by Crippen LogP contribution is 2.20. The van der Waals surface area contributed by atoms with Gasteiger partial charge in [0, 0.05) is 12.7 Å².